The highest BCUT2D eigenvalue weighted by atomic mass is 19.1. The van der Waals surface area contributed by atoms with Gasteiger partial charge in [-0.3, -0.25) is 0 Å². The third-order valence-electron chi connectivity index (χ3n) is 1.77. The number of hydrogen-bond acceptors (Lipinski definition) is 1. The van der Waals surface area contributed by atoms with Crippen LogP contribution in [0.3, 0.4) is 0 Å². The number of aryl methyl sites for hydroxylation is 1. The van der Waals surface area contributed by atoms with Crippen LogP contribution >= 0.6 is 0 Å². The lowest BCUT2D eigenvalue weighted by Gasteiger charge is -2.01. The van der Waals surface area contributed by atoms with Crippen molar-refractivity contribution in [3.05, 3.63) is 29.8 Å². The van der Waals surface area contributed by atoms with Crippen LogP contribution in [0.5, 0.6) is 5.75 Å². The van der Waals surface area contributed by atoms with Crippen molar-refractivity contribution in [3.8, 4) is 5.75 Å². The Bertz CT molecular complexity index is 228. The molecular weight excluding hydrogens is 155 g/mol. The Balaban J connectivity index is 2.48. The summed E-state index contributed by atoms with van der Waals surface area (Å²) in [7, 11) is 0. The van der Waals surface area contributed by atoms with Gasteiger partial charge < -0.3 is 5.11 Å². The van der Waals surface area contributed by atoms with E-state index in [-0.39, 0.29) is 5.75 Å². The molecule has 1 rings (SSSR count). The van der Waals surface area contributed by atoms with Crippen LogP contribution in [0, 0.1) is 0 Å². The molecule has 0 aliphatic rings. The van der Waals surface area contributed by atoms with E-state index in [0.29, 0.717) is 6.42 Å². The van der Waals surface area contributed by atoms with Crippen LogP contribution < -0.4 is 0 Å². The highest BCUT2D eigenvalue weighted by Crippen LogP contribution is 2.12. The maximum absolute atomic E-state index is 12.4. The Morgan fingerprint density at radius 3 is 2.42 bits per heavy atom. The molecule has 0 amide bonds. The van der Waals surface area contributed by atoms with Crippen LogP contribution in [0.1, 0.15) is 18.9 Å². The molecule has 0 aromatic heterocycles. The molecule has 0 heterocycles. The first kappa shape index (κ1) is 9.04. The van der Waals surface area contributed by atoms with E-state index in [9.17, 15) is 4.39 Å². The molecule has 66 valence electrons. The number of rotatable bonds is 3. The van der Waals surface area contributed by atoms with Crippen LogP contribution in [0.4, 0.5) is 4.39 Å². The number of alkyl halides is 1. The van der Waals surface area contributed by atoms with Crippen LogP contribution in [0.2, 0.25) is 0 Å². The van der Waals surface area contributed by atoms with Gasteiger partial charge in [0.05, 0.1) is 6.17 Å². The summed E-state index contributed by atoms with van der Waals surface area (Å²) in [5, 5.41) is 8.96. The molecule has 1 unspecified atom stereocenters. The van der Waals surface area contributed by atoms with Gasteiger partial charge in [0.15, 0.2) is 0 Å². The van der Waals surface area contributed by atoms with E-state index in [1.807, 2.05) is 12.1 Å². The van der Waals surface area contributed by atoms with Gasteiger partial charge in [-0.15, -0.1) is 0 Å². The average Bonchev–Trinajstić information content (AvgIpc) is 2.03. The molecule has 1 atom stereocenters. The lowest BCUT2D eigenvalue weighted by atomic mass is 10.1. The van der Waals surface area contributed by atoms with E-state index in [1.165, 1.54) is 0 Å². The van der Waals surface area contributed by atoms with Crippen molar-refractivity contribution >= 4 is 0 Å². The summed E-state index contributed by atoms with van der Waals surface area (Å²) in [6, 6.07) is 6.88. The molecule has 0 saturated carbocycles. The summed E-state index contributed by atoms with van der Waals surface area (Å²) < 4.78 is 12.4. The standard InChI is InChI=1S/C10H13FO/c1-8(11)2-3-9-4-6-10(12)7-5-9/h4-8,12H,2-3H2,1H3. The molecule has 0 aliphatic heterocycles. The van der Waals surface area contributed by atoms with Gasteiger partial charge in [0.2, 0.25) is 0 Å². The lowest BCUT2D eigenvalue weighted by Crippen LogP contribution is -1.95. The van der Waals surface area contributed by atoms with Gasteiger partial charge in [0.25, 0.3) is 0 Å². The van der Waals surface area contributed by atoms with Gasteiger partial charge in [-0.1, -0.05) is 12.1 Å². The molecule has 0 bridgehead atoms. The molecule has 0 spiro atoms. The fraction of sp³-hybridized carbons (Fsp3) is 0.400. The molecule has 0 saturated heterocycles. The molecule has 1 nitrogen and oxygen atoms in total. The van der Waals surface area contributed by atoms with Crippen molar-refractivity contribution in [2.45, 2.75) is 25.9 Å². The molecule has 0 aliphatic carbocycles. The first-order valence-corrected chi connectivity index (χ1v) is 4.10. The van der Waals surface area contributed by atoms with Gasteiger partial charge in [-0.05, 0) is 37.5 Å². The first-order chi connectivity index (χ1) is 5.68. The van der Waals surface area contributed by atoms with Crippen molar-refractivity contribution in [2.24, 2.45) is 0 Å². The second kappa shape index (κ2) is 4.10. The summed E-state index contributed by atoms with van der Waals surface area (Å²) in [6.07, 6.45) is 0.529. The smallest absolute Gasteiger partial charge is 0.115 e. The zero-order valence-electron chi connectivity index (χ0n) is 7.13. The monoisotopic (exact) mass is 168 g/mol. The van der Waals surface area contributed by atoms with Crippen molar-refractivity contribution in [1.29, 1.82) is 0 Å². The summed E-state index contributed by atoms with van der Waals surface area (Å²) in [6.45, 7) is 1.56. The summed E-state index contributed by atoms with van der Waals surface area (Å²) in [5.74, 6) is 0.257. The largest absolute Gasteiger partial charge is 0.508 e. The highest BCUT2D eigenvalue weighted by Gasteiger charge is 1.98. The predicted molar refractivity (Wildman–Crippen MR) is 47.0 cm³/mol. The number of phenolic OH excluding ortho intramolecular Hbond substituents is 1. The molecule has 1 aromatic carbocycles. The number of halogens is 1. The van der Waals surface area contributed by atoms with Crippen molar-refractivity contribution < 1.29 is 9.50 Å². The maximum atomic E-state index is 12.4. The van der Waals surface area contributed by atoms with Crippen LogP contribution in [0.25, 0.3) is 0 Å². The summed E-state index contributed by atoms with van der Waals surface area (Å²) in [5.41, 5.74) is 1.07. The number of benzene rings is 1. The fourth-order valence-electron chi connectivity index (χ4n) is 1.03. The van der Waals surface area contributed by atoms with Crippen molar-refractivity contribution in [1.82, 2.24) is 0 Å². The van der Waals surface area contributed by atoms with E-state index >= 15 is 0 Å². The Kier molecular flexibility index (Phi) is 3.09. The van der Waals surface area contributed by atoms with Gasteiger partial charge in [-0.25, -0.2) is 4.39 Å². The predicted octanol–water partition coefficient (Wildman–Crippen LogP) is 2.68. The van der Waals surface area contributed by atoms with E-state index in [1.54, 1.807) is 19.1 Å². The van der Waals surface area contributed by atoms with Crippen LogP contribution in [0.15, 0.2) is 24.3 Å². The van der Waals surface area contributed by atoms with Gasteiger partial charge in [0, 0.05) is 0 Å². The quantitative estimate of drug-likeness (QED) is 0.735. The van der Waals surface area contributed by atoms with Gasteiger partial charge >= 0.3 is 0 Å². The third kappa shape index (κ3) is 2.91. The Hall–Kier alpha value is -1.05. The second-order valence-electron chi connectivity index (χ2n) is 2.99. The number of hydrogen-bond donors (Lipinski definition) is 1. The topological polar surface area (TPSA) is 20.2 Å². The SMILES string of the molecule is CC(F)CCc1ccc(O)cc1. The normalized spacial score (nSPS) is 12.8. The van der Waals surface area contributed by atoms with E-state index in [0.717, 1.165) is 12.0 Å². The molecule has 12 heavy (non-hydrogen) atoms. The fourth-order valence-corrected chi connectivity index (χ4v) is 1.03. The molecule has 2 heteroatoms. The summed E-state index contributed by atoms with van der Waals surface area (Å²) in [4.78, 5) is 0. The number of phenols is 1. The van der Waals surface area contributed by atoms with E-state index in [2.05, 4.69) is 0 Å². The minimum absolute atomic E-state index is 0.257. The van der Waals surface area contributed by atoms with Gasteiger partial charge in [-0.2, -0.15) is 0 Å². The maximum Gasteiger partial charge on any atom is 0.115 e. The molecule has 1 N–H and O–H groups in total. The third-order valence-corrected chi connectivity index (χ3v) is 1.77. The molecule has 0 fully saturated rings. The van der Waals surface area contributed by atoms with Crippen LogP contribution in [-0.4, -0.2) is 11.3 Å². The first-order valence-electron chi connectivity index (χ1n) is 4.10. The second-order valence-corrected chi connectivity index (χ2v) is 2.99. The zero-order chi connectivity index (χ0) is 8.97. The average molecular weight is 168 g/mol. The zero-order valence-corrected chi connectivity index (χ0v) is 7.13. The van der Waals surface area contributed by atoms with Gasteiger partial charge in [0.1, 0.15) is 5.75 Å². The number of aromatic hydroxyl groups is 1. The highest BCUT2D eigenvalue weighted by molar-refractivity contribution is 5.25. The van der Waals surface area contributed by atoms with Crippen molar-refractivity contribution in [2.75, 3.05) is 0 Å². The summed E-state index contributed by atoms with van der Waals surface area (Å²) >= 11 is 0. The lowest BCUT2D eigenvalue weighted by molar-refractivity contribution is 0.341. The minimum Gasteiger partial charge on any atom is -0.508 e. The van der Waals surface area contributed by atoms with Crippen molar-refractivity contribution in [3.63, 3.8) is 0 Å². The minimum atomic E-state index is -0.751. The molecule has 1 aromatic rings. The Morgan fingerprint density at radius 1 is 1.33 bits per heavy atom. The Labute approximate surface area is 71.9 Å². The van der Waals surface area contributed by atoms with E-state index in [4.69, 9.17) is 5.11 Å². The van der Waals surface area contributed by atoms with Crippen LogP contribution in [-0.2, 0) is 6.42 Å². The molecule has 0 radical (unpaired) electrons. The van der Waals surface area contributed by atoms with E-state index < -0.39 is 6.17 Å². The molecular formula is C10H13FO. The Morgan fingerprint density at radius 2 is 1.92 bits per heavy atom.